The lowest BCUT2D eigenvalue weighted by molar-refractivity contribution is -0.665. The number of pyridine rings is 1. The number of hydrogen-bond acceptors (Lipinski definition) is 0. The summed E-state index contributed by atoms with van der Waals surface area (Å²) in [6.07, 6.45) is 8.55. The molecule has 0 N–H and O–H groups in total. The Kier molecular flexibility index (Phi) is 3.75. The Bertz CT molecular complexity index is 1190. The predicted octanol–water partition coefficient (Wildman–Crippen LogP) is 6.72. The van der Waals surface area contributed by atoms with Gasteiger partial charge in [0.2, 0.25) is 5.69 Å². The topological polar surface area (TPSA) is 3.88 Å². The number of aryl methyl sites for hydroxylation is 2. The lowest BCUT2D eigenvalue weighted by Gasteiger charge is -2.57. The summed E-state index contributed by atoms with van der Waals surface area (Å²) < 4.78 is 11.2. The molecule has 4 aliphatic carbocycles. The molecule has 1 heterocycles. The van der Waals surface area contributed by atoms with Crippen molar-refractivity contribution in [2.75, 3.05) is 0 Å². The summed E-state index contributed by atoms with van der Waals surface area (Å²) in [7, 11) is 2.12. The fourth-order valence-electron chi connectivity index (χ4n) is 7.59. The maximum atomic E-state index is 9.00. The highest BCUT2D eigenvalue weighted by Crippen LogP contribution is 2.60. The molecule has 1 heteroatoms. The molecule has 0 unspecified atom stereocenters. The van der Waals surface area contributed by atoms with Crippen LogP contribution in [0.3, 0.4) is 0 Å². The fourth-order valence-corrected chi connectivity index (χ4v) is 7.59. The van der Waals surface area contributed by atoms with E-state index in [2.05, 4.69) is 68.8 Å². The van der Waals surface area contributed by atoms with Crippen LogP contribution in [0.25, 0.3) is 22.0 Å². The van der Waals surface area contributed by atoms with Crippen LogP contribution < -0.4 is 4.57 Å². The van der Waals surface area contributed by atoms with Crippen molar-refractivity contribution in [1.82, 2.24) is 0 Å². The maximum Gasteiger partial charge on any atom is 0.220 e. The van der Waals surface area contributed by atoms with Crippen LogP contribution in [-0.2, 0) is 12.5 Å². The molecule has 0 amide bonds. The van der Waals surface area contributed by atoms with Gasteiger partial charge in [0.15, 0.2) is 5.69 Å². The van der Waals surface area contributed by atoms with Gasteiger partial charge < -0.3 is 0 Å². The van der Waals surface area contributed by atoms with Crippen LogP contribution in [0, 0.1) is 38.5 Å². The first-order valence-corrected chi connectivity index (χ1v) is 11.9. The second-order valence-corrected chi connectivity index (χ2v) is 10.9. The molecule has 0 radical (unpaired) electrons. The van der Waals surface area contributed by atoms with Crippen LogP contribution in [0.1, 0.15) is 62.3 Å². The van der Waals surface area contributed by atoms with Crippen molar-refractivity contribution in [3.8, 4) is 11.3 Å². The summed E-state index contributed by atoms with van der Waals surface area (Å²) in [6, 6.07) is 14.6. The second kappa shape index (κ2) is 6.42. The molecule has 154 valence electrons. The van der Waals surface area contributed by atoms with Gasteiger partial charge in [-0.25, -0.2) is 0 Å². The van der Waals surface area contributed by atoms with E-state index in [1.165, 1.54) is 71.9 Å². The van der Waals surface area contributed by atoms with E-state index in [0.717, 1.165) is 28.8 Å². The summed E-state index contributed by atoms with van der Waals surface area (Å²) in [6.45, 7) is 6.48. The lowest BCUT2D eigenvalue weighted by atomic mass is 9.48. The van der Waals surface area contributed by atoms with E-state index in [1.54, 1.807) is 0 Å². The van der Waals surface area contributed by atoms with Crippen molar-refractivity contribution < 1.29 is 5.94 Å². The zero-order valence-electron chi connectivity index (χ0n) is 19.9. The van der Waals surface area contributed by atoms with E-state index in [1.807, 2.05) is 0 Å². The van der Waals surface area contributed by atoms with Gasteiger partial charge >= 0.3 is 0 Å². The first kappa shape index (κ1) is 17.5. The molecule has 0 spiro atoms. The Morgan fingerprint density at radius 3 is 2.23 bits per heavy atom. The van der Waals surface area contributed by atoms with E-state index in [-0.39, 0.29) is 0 Å². The van der Waals surface area contributed by atoms with Crippen LogP contribution in [0.15, 0.2) is 42.4 Å². The highest BCUT2D eigenvalue weighted by molar-refractivity contribution is 5.94. The number of rotatable bonds is 2. The Balaban J connectivity index is 1.57. The summed E-state index contributed by atoms with van der Waals surface area (Å²) in [5.74, 6) is 2.83. The van der Waals surface area contributed by atoms with Gasteiger partial charge in [-0.2, -0.15) is 4.57 Å². The van der Waals surface area contributed by atoms with E-state index in [9.17, 15) is 0 Å². The molecule has 3 aromatic rings. The molecular weight excluding hydrogens is 362 g/mol. The molecule has 30 heavy (non-hydrogen) atoms. The van der Waals surface area contributed by atoms with Crippen molar-refractivity contribution in [3.05, 3.63) is 64.8 Å². The van der Waals surface area contributed by atoms with E-state index >= 15 is 0 Å². The monoisotopic (exact) mass is 397 g/mol. The van der Waals surface area contributed by atoms with Crippen LogP contribution >= 0.6 is 0 Å². The zero-order chi connectivity index (χ0) is 21.5. The first-order chi connectivity index (χ1) is 14.8. The van der Waals surface area contributed by atoms with Gasteiger partial charge in [0.25, 0.3) is 0 Å². The smallest absolute Gasteiger partial charge is 0.198 e. The summed E-state index contributed by atoms with van der Waals surface area (Å²) in [5.41, 5.74) is 8.07. The predicted molar refractivity (Wildman–Crippen MR) is 125 cm³/mol. The highest BCUT2D eigenvalue weighted by Gasteiger charge is 2.51. The number of aromatic nitrogens is 1. The average molecular weight is 398 g/mol. The third kappa shape index (κ3) is 2.70. The molecule has 1 aromatic heterocycles. The van der Waals surface area contributed by atoms with Gasteiger partial charge in [0, 0.05) is 18.5 Å². The molecule has 0 aliphatic heterocycles. The third-order valence-corrected chi connectivity index (χ3v) is 8.73. The Hall–Kier alpha value is -2.15. The number of fused-ring (bicyclic) bond motifs is 1. The van der Waals surface area contributed by atoms with Crippen LogP contribution in [0.2, 0.25) is 0 Å². The number of benzene rings is 2. The quantitative estimate of drug-likeness (QED) is 0.422. The summed E-state index contributed by atoms with van der Waals surface area (Å²) >= 11 is 0. The summed E-state index contributed by atoms with van der Waals surface area (Å²) in [4.78, 5) is 0. The molecule has 0 saturated heterocycles. The van der Waals surface area contributed by atoms with Crippen molar-refractivity contribution in [2.24, 2.45) is 24.8 Å². The molecule has 7 rings (SSSR count). The lowest BCUT2D eigenvalue weighted by Crippen LogP contribution is -2.48. The Morgan fingerprint density at radius 1 is 0.900 bits per heavy atom. The van der Waals surface area contributed by atoms with Crippen molar-refractivity contribution >= 4 is 10.8 Å². The van der Waals surface area contributed by atoms with E-state index in [0.29, 0.717) is 11.5 Å². The summed E-state index contributed by atoms with van der Waals surface area (Å²) in [5, 5.41) is 2.36. The molecule has 4 fully saturated rings. The zero-order valence-corrected chi connectivity index (χ0v) is 18.9. The maximum absolute atomic E-state index is 9.00. The molecule has 4 bridgehead atoms. The van der Waals surface area contributed by atoms with Crippen molar-refractivity contribution in [1.29, 1.82) is 0 Å². The second-order valence-electron chi connectivity index (χ2n) is 10.9. The van der Waals surface area contributed by atoms with E-state index in [4.69, 9.17) is 1.37 Å². The molecule has 1 nitrogen and oxygen atoms in total. The highest BCUT2D eigenvalue weighted by atomic mass is 14.9. The van der Waals surface area contributed by atoms with Crippen molar-refractivity contribution in [2.45, 2.75) is 64.7 Å². The molecule has 4 saturated carbocycles. The van der Waals surface area contributed by atoms with Gasteiger partial charge in [-0.3, -0.25) is 0 Å². The molecule has 4 aliphatic rings. The Morgan fingerprint density at radius 2 is 1.57 bits per heavy atom. The largest absolute Gasteiger partial charge is 0.220 e. The van der Waals surface area contributed by atoms with E-state index < -0.39 is 0 Å². The van der Waals surface area contributed by atoms with Gasteiger partial charge in [0.1, 0.15) is 7.05 Å². The number of nitrogens with zero attached hydrogens (tertiary/aromatic N) is 1. The SMILES string of the molecule is [2H]c1c(C)[n+](C)c(-c2cc(C)ccc2C)c2ccc(C34CC5CC(CC(C5)C3)C4)cc12. The van der Waals surface area contributed by atoms with Crippen LogP contribution in [0.4, 0.5) is 0 Å². The molecule has 2 aromatic carbocycles. The third-order valence-electron chi connectivity index (χ3n) is 8.73. The van der Waals surface area contributed by atoms with Crippen LogP contribution in [-0.4, -0.2) is 0 Å². The first-order valence-electron chi connectivity index (χ1n) is 12.4. The fraction of sp³-hybridized carbons (Fsp3) is 0.483. The standard InChI is InChI=1S/C29H34N/c1-18-5-6-19(2)27(9-18)28-26-8-7-25(14-24(26)10-20(3)30(28)4)29-15-21-11-22(16-29)13-23(12-21)17-29/h5-10,14,21-23H,11-13,15-17H2,1-4H3/q+1/i10D. The molecular formula is C29H34N+. The number of hydrogen-bond donors (Lipinski definition) is 0. The minimum atomic E-state index is 0.376. The van der Waals surface area contributed by atoms with Gasteiger partial charge in [-0.1, -0.05) is 29.8 Å². The average Bonchev–Trinajstić information content (AvgIpc) is 2.73. The minimum Gasteiger partial charge on any atom is -0.198 e. The van der Waals surface area contributed by atoms with Gasteiger partial charge in [-0.05, 0) is 104 Å². The van der Waals surface area contributed by atoms with Gasteiger partial charge in [-0.15, -0.1) is 0 Å². The van der Waals surface area contributed by atoms with Crippen molar-refractivity contribution in [3.63, 3.8) is 0 Å². The molecule has 0 atom stereocenters. The Labute approximate surface area is 182 Å². The minimum absolute atomic E-state index is 0.376. The van der Waals surface area contributed by atoms with Crippen LogP contribution in [0.5, 0.6) is 0 Å². The normalized spacial score (nSPS) is 30.1. The van der Waals surface area contributed by atoms with Gasteiger partial charge in [0.05, 0.1) is 6.76 Å².